The largest absolute Gasteiger partial charge is 0.496 e. The first-order chi connectivity index (χ1) is 13.3. The van der Waals surface area contributed by atoms with Gasteiger partial charge in [0.2, 0.25) is 0 Å². The Hall–Kier alpha value is -1.62. The molecule has 0 heterocycles. The van der Waals surface area contributed by atoms with Crippen molar-refractivity contribution in [1.29, 1.82) is 0 Å². The van der Waals surface area contributed by atoms with E-state index in [9.17, 15) is 9.50 Å². The Labute approximate surface area is 172 Å². The third-order valence-electron chi connectivity index (χ3n) is 5.88. The Kier molecular flexibility index (Phi) is 6.64. The zero-order valence-corrected chi connectivity index (χ0v) is 17.5. The molecular formula is C23H29ClFNO2. The van der Waals surface area contributed by atoms with Crippen LogP contribution in [0.15, 0.2) is 42.5 Å². The van der Waals surface area contributed by atoms with E-state index >= 15 is 0 Å². The molecule has 1 saturated carbocycles. The molecule has 3 nitrogen and oxygen atoms in total. The lowest BCUT2D eigenvalue weighted by atomic mass is 9.66. The summed E-state index contributed by atoms with van der Waals surface area (Å²) in [5.74, 6) is 0.648. The maximum Gasteiger partial charge on any atom is 0.125 e. The van der Waals surface area contributed by atoms with Crippen LogP contribution in [0, 0.1) is 17.7 Å². The Morgan fingerprint density at radius 2 is 1.93 bits per heavy atom. The summed E-state index contributed by atoms with van der Waals surface area (Å²) in [6.07, 6.45) is 3.29. The van der Waals surface area contributed by atoms with Crippen LogP contribution in [0.3, 0.4) is 0 Å². The van der Waals surface area contributed by atoms with E-state index in [4.69, 9.17) is 16.3 Å². The summed E-state index contributed by atoms with van der Waals surface area (Å²) in [6.45, 7) is 0.729. The number of ether oxygens (including phenoxy) is 1. The molecule has 1 fully saturated rings. The molecule has 0 radical (unpaired) electrons. The molecule has 2 aromatic rings. The molecule has 3 rings (SSSR count). The fourth-order valence-corrected chi connectivity index (χ4v) is 4.65. The molecule has 3 unspecified atom stereocenters. The van der Waals surface area contributed by atoms with E-state index < -0.39 is 5.60 Å². The van der Waals surface area contributed by atoms with Crippen molar-refractivity contribution in [2.45, 2.75) is 31.3 Å². The fourth-order valence-electron chi connectivity index (χ4n) is 4.52. The first-order valence-corrected chi connectivity index (χ1v) is 10.1. The number of nitrogens with zero attached hydrogens (tertiary/aromatic N) is 1. The summed E-state index contributed by atoms with van der Waals surface area (Å²) in [4.78, 5) is 2.09. The molecule has 2 aromatic carbocycles. The average molecular weight is 406 g/mol. The van der Waals surface area contributed by atoms with Gasteiger partial charge in [-0.1, -0.05) is 23.7 Å². The van der Waals surface area contributed by atoms with Crippen molar-refractivity contribution in [2.24, 2.45) is 11.8 Å². The lowest BCUT2D eigenvalue weighted by Crippen LogP contribution is -2.45. The summed E-state index contributed by atoms with van der Waals surface area (Å²) >= 11 is 6.00. The van der Waals surface area contributed by atoms with Crippen LogP contribution < -0.4 is 4.74 Å². The zero-order valence-electron chi connectivity index (χ0n) is 16.8. The van der Waals surface area contributed by atoms with Gasteiger partial charge >= 0.3 is 0 Å². The van der Waals surface area contributed by atoms with E-state index in [2.05, 4.69) is 17.0 Å². The number of methoxy groups -OCH3 is 1. The van der Waals surface area contributed by atoms with Gasteiger partial charge in [-0.15, -0.1) is 0 Å². The lowest BCUT2D eigenvalue weighted by molar-refractivity contribution is -0.0766. The minimum atomic E-state index is -1.10. The van der Waals surface area contributed by atoms with E-state index in [0.717, 1.165) is 30.8 Å². The molecule has 0 spiro atoms. The van der Waals surface area contributed by atoms with Gasteiger partial charge in [0, 0.05) is 23.0 Å². The predicted octanol–water partition coefficient (Wildman–Crippen LogP) is 4.90. The molecule has 0 amide bonds. The first kappa shape index (κ1) is 21.1. The highest BCUT2D eigenvalue weighted by atomic mass is 35.5. The maximum atomic E-state index is 14.0. The summed E-state index contributed by atoms with van der Waals surface area (Å²) < 4.78 is 19.5. The quantitative estimate of drug-likeness (QED) is 0.742. The molecule has 0 aromatic heterocycles. The normalized spacial score (nSPS) is 25.1. The van der Waals surface area contributed by atoms with Crippen LogP contribution in [-0.2, 0) is 12.0 Å². The van der Waals surface area contributed by atoms with Gasteiger partial charge in [0.15, 0.2) is 0 Å². The van der Waals surface area contributed by atoms with Gasteiger partial charge in [0.05, 0.1) is 12.7 Å². The number of rotatable bonds is 6. The van der Waals surface area contributed by atoms with Crippen LogP contribution in [0.2, 0.25) is 5.02 Å². The molecule has 1 aliphatic rings. The van der Waals surface area contributed by atoms with Gasteiger partial charge in [-0.05, 0) is 81.6 Å². The smallest absolute Gasteiger partial charge is 0.125 e. The van der Waals surface area contributed by atoms with E-state index in [1.54, 1.807) is 13.2 Å². The maximum absolute atomic E-state index is 14.0. The van der Waals surface area contributed by atoms with E-state index in [1.807, 2.05) is 26.2 Å². The third kappa shape index (κ3) is 4.68. The number of hydrogen-bond donors (Lipinski definition) is 1. The van der Waals surface area contributed by atoms with Crippen molar-refractivity contribution in [2.75, 3.05) is 27.7 Å². The van der Waals surface area contributed by atoms with Crippen LogP contribution in [-0.4, -0.2) is 37.8 Å². The lowest BCUT2D eigenvalue weighted by Gasteiger charge is -2.45. The minimum absolute atomic E-state index is 0.00995. The summed E-state index contributed by atoms with van der Waals surface area (Å²) in [6, 6.07) is 12.4. The average Bonchev–Trinajstić information content (AvgIpc) is 2.66. The molecule has 1 N–H and O–H groups in total. The number of hydrogen-bond acceptors (Lipinski definition) is 3. The van der Waals surface area contributed by atoms with E-state index in [0.29, 0.717) is 23.7 Å². The second-order valence-corrected chi connectivity index (χ2v) is 8.64. The third-order valence-corrected chi connectivity index (χ3v) is 6.13. The summed E-state index contributed by atoms with van der Waals surface area (Å²) in [5, 5.41) is 12.5. The Bertz CT molecular complexity index is 796. The van der Waals surface area contributed by atoms with Crippen molar-refractivity contribution in [1.82, 2.24) is 4.90 Å². The first-order valence-electron chi connectivity index (χ1n) is 9.77. The van der Waals surface area contributed by atoms with Crippen LogP contribution >= 0.6 is 11.6 Å². The van der Waals surface area contributed by atoms with Gasteiger partial charge in [0.1, 0.15) is 11.6 Å². The van der Waals surface area contributed by atoms with Gasteiger partial charge < -0.3 is 14.7 Å². The molecule has 0 aliphatic heterocycles. The van der Waals surface area contributed by atoms with Crippen molar-refractivity contribution < 1.29 is 14.2 Å². The van der Waals surface area contributed by atoms with Crippen LogP contribution in [0.1, 0.15) is 30.4 Å². The Balaban J connectivity index is 1.86. The van der Waals surface area contributed by atoms with Gasteiger partial charge in [-0.2, -0.15) is 0 Å². The summed E-state index contributed by atoms with van der Waals surface area (Å²) in [5.41, 5.74) is 0.715. The molecule has 0 bridgehead atoms. The highest BCUT2D eigenvalue weighted by Gasteiger charge is 2.45. The van der Waals surface area contributed by atoms with Crippen molar-refractivity contribution >= 4 is 11.6 Å². The number of benzene rings is 2. The molecule has 28 heavy (non-hydrogen) atoms. The monoisotopic (exact) mass is 405 g/mol. The molecule has 1 aliphatic carbocycles. The van der Waals surface area contributed by atoms with Crippen LogP contribution in [0.4, 0.5) is 4.39 Å². The van der Waals surface area contributed by atoms with Crippen molar-refractivity contribution in [3.63, 3.8) is 0 Å². The number of halogens is 2. The molecule has 5 heteroatoms. The van der Waals surface area contributed by atoms with Crippen molar-refractivity contribution in [3.05, 3.63) is 64.4 Å². The molecule has 3 atom stereocenters. The zero-order chi connectivity index (χ0) is 20.3. The predicted molar refractivity (Wildman–Crippen MR) is 111 cm³/mol. The highest BCUT2D eigenvalue weighted by Crippen LogP contribution is 2.47. The van der Waals surface area contributed by atoms with Gasteiger partial charge in [-0.25, -0.2) is 4.39 Å². The van der Waals surface area contributed by atoms with E-state index in [1.165, 1.54) is 17.7 Å². The topological polar surface area (TPSA) is 32.7 Å². The van der Waals surface area contributed by atoms with E-state index in [-0.39, 0.29) is 11.7 Å². The second kappa shape index (κ2) is 8.81. The SMILES string of the molecule is COc1ccc(F)cc1C1(O)CCC(Cc2ccc(Cl)cc2)CC1CN(C)C. The second-order valence-electron chi connectivity index (χ2n) is 8.20. The minimum Gasteiger partial charge on any atom is -0.496 e. The highest BCUT2D eigenvalue weighted by molar-refractivity contribution is 6.30. The van der Waals surface area contributed by atoms with Gasteiger partial charge in [0.25, 0.3) is 0 Å². The standard InChI is InChI=1S/C23H29ClFNO2/c1-26(2)15-18-13-17(12-16-4-6-19(24)7-5-16)10-11-23(18,27)21-14-20(25)8-9-22(21)28-3/h4-9,14,17-18,27H,10-13,15H2,1-3H3. The van der Waals surface area contributed by atoms with Crippen LogP contribution in [0.5, 0.6) is 5.75 Å². The van der Waals surface area contributed by atoms with Crippen molar-refractivity contribution in [3.8, 4) is 5.75 Å². The Morgan fingerprint density at radius 1 is 1.21 bits per heavy atom. The number of aliphatic hydroxyl groups is 1. The van der Waals surface area contributed by atoms with Crippen LogP contribution in [0.25, 0.3) is 0 Å². The molecule has 0 saturated heterocycles. The van der Waals surface area contributed by atoms with Gasteiger partial charge in [-0.3, -0.25) is 0 Å². The molecular weight excluding hydrogens is 377 g/mol. The Morgan fingerprint density at radius 3 is 2.57 bits per heavy atom. The summed E-state index contributed by atoms with van der Waals surface area (Å²) in [7, 11) is 5.57. The molecule has 152 valence electrons. The fraction of sp³-hybridized carbons (Fsp3) is 0.478.